The molecule has 3 nitrogen and oxygen atoms in total. The molecule has 1 atom stereocenters. The molecule has 0 aliphatic heterocycles. The number of imidazole rings is 1. The van der Waals surface area contributed by atoms with Gasteiger partial charge in [0.25, 0.3) is 0 Å². The van der Waals surface area contributed by atoms with Crippen molar-refractivity contribution in [3.05, 3.63) is 47.5 Å². The van der Waals surface area contributed by atoms with Gasteiger partial charge in [-0.05, 0) is 67.6 Å². The predicted molar refractivity (Wildman–Crippen MR) is 109 cm³/mol. The number of aryl methyl sites for hydroxylation is 1. The second-order valence-corrected chi connectivity index (χ2v) is 8.30. The smallest absolute Gasteiger partial charge is 0.0922 e. The van der Waals surface area contributed by atoms with Gasteiger partial charge in [0.05, 0.1) is 18.6 Å². The lowest BCUT2D eigenvalue weighted by molar-refractivity contribution is 0.494. The molecule has 3 heteroatoms. The Morgan fingerprint density at radius 1 is 1.19 bits per heavy atom. The number of benzene rings is 1. The largest absolute Gasteiger partial charge is 0.362 e. The van der Waals surface area contributed by atoms with Crippen molar-refractivity contribution in [1.29, 1.82) is 0 Å². The number of nitrogens with one attached hydrogen (secondary N) is 1. The van der Waals surface area contributed by atoms with E-state index >= 15 is 0 Å². The summed E-state index contributed by atoms with van der Waals surface area (Å²) in [6.45, 7) is 5.58. The number of aromatic nitrogens is 2. The van der Waals surface area contributed by atoms with Crippen LogP contribution in [0.15, 0.2) is 30.7 Å². The van der Waals surface area contributed by atoms with E-state index in [9.17, 15) is 0 Å². The molecule has 1 aromatic heterocycles. The summed E-state index contributed by atoms with van der Waals surface area (Å²) >= 11 is 0. The molecule has 4 rings (SSSR count). The van der Waals surface area contributed by atoms with Gasteiger partial charge < -0.3 is 9.88 Å². The molecule has 0 radical (unpaired) electrons. The number of anilines is 1. The van der Waals surface area contributed by atoms with Crippen LogP contribution < -0.4 is 4.90 Å². The summed E-state index contributed by atoms with van der Waals surface area (Å²) in [5, 5.41) is 0. The number of hydrogen-bond acceptors (Lipinski definition) is 2. The second-order valence-electron chi connectivity index (χ2n) is 8.30. The number of nitrogens with zero attached hydrogens (tertiary/aromatic N) is 2. The van der Waals surface area contributed by atoms with E-state index in [0.29, 0.717) is 6.04 Å². The fourth-order valence-electron chi connectivity index (χ4n) is 4.22. The Morgan fingerprint density at radius 3 is 2.65 bits per heavy atom. The fourth-order valence-corrected chi connectivity index (χ4v) is 4.22. The highest BCUT2D eigenvalue weighted by Crippen LogP contribution is 2.42. The number of aromatic amines is 1. The Balaban J connectivity index is 1.61. The molecule has 2 fully saturated rings. The summed E-state index contributed by atoms with van der Waals surface area (Å²) in [6.07, 6.45) is 14.4. The first kappa shape index (κ1) is 17.6. The van der Waals surface area contributed by atoms with E-state index in [1.807, 2.05) is 6.20 Å². The Labute approximate surface area is 158 Å². The average Bonchev–Trinajstić information content (AvgIpc) is 3.60. The van der Waals surface area contributed by atoms with E-state index in [1.54, 1.807) is 11.9 Å². The molecule has 26 heavy (non-hydrogen) atoms. The fraction of sp³-hybridized carbons (Fsp3) is 0.609. The molecule has 1 unspecified atom stereocenters. The summed E-state index contributed by atoms with van der Waals surface area (Å²) in [7, 11) is 0. The minimum atomic E-state index is 0.607. The van der Waals surface area contributed by atoms with E-state index < -0.39 is 0 Å². The van der Waals surface area contributed by atoms with Crippen molar-refractivity contribution in [2.45, 2.75) is 83.7 Å². The van der Waals surface area contributed by atoms with Crippen LogP contribution in [0.3, 0.4) is 0 Å². The zero-order valence-electron chi connectivity index (χ0n) is 16.4. The van der Waals surface area contributed by atoms with Crippen LogP contribution in [0.5, 0.6) is 0 Å². The minimum absolute atomic E-state index is 0.607. The third-order valence-corrected chi connectivity index (χ3v) is 6.26. The van der Waals surface area contributed by atoms with Gasteiger partial charge >= 0.3 is 0 Å². The molecule has 1 heterocycles. The maximum Gasteiger partial charge on any atom is 0.0922 e. The lowest BCUT2D eigenvalue weighted by Gasteiger charge is -2.35. The molecule has 0 saturated heterocycles. The van der Waals surface area contributed by atoms with Gasteiger partial charge in [-0.2, -0.15) is 0 Å². The summed E-state index contributed by atoms with van der Waals surface area (Å²) in [6, 6.07) is 7.89. The van der Waals surface area contributed by atoms with E-state index in [-0.39, 0.29) is 0 Å². The molecule has 2 saturated carbocycles. The Morgan fingerprint density at radius 2 is 2.04 bits per heavy atom. The van der Waals surface area contributed by atoms with Crippen LogP contribution in [-0.2, 0) is 13.0 Å². The van der Waals surface area contributed by atoms with E-state index in [4.69, 9.17) is 0 Å². The first-order valence-corrected chi connectivity index (χ1v) is 10.6. The predicted octanol–water partition coefficient (Wildman–Crippen LogP) is 5.82. The number of hydrogen-bond donors (Lipinski definition) is 1. The SMILES string of the molecule is CCc1cc(C2CC2)ccc1N(Cc1cnc[nH]1)C(CC)CCC1CC1. The van der Waals surface area contributed by atoms with E-state index in [0.717, 1.165) is 24.8 Å². The summed E-state index contributed by atoms with van der Waals surface area (Å²) in [5.74, 6) is 1.83. The maximum absolute atomic E-state index is 4.24. The molecule has 2 aliphatic carbocycles. The van der Waals surface area contributed by atoms with Crippen molar-refractivity contribution in [3.8, 4) is 0 Å². The third-order valence-electron chi connectivity index (χ3n) is 6.26. The molecular formula is C23H33N3. The monoisotopic (exact) mass is 351 g/mol. The van der Waals surface area contributed by atoms with Gasteiger partial charge in [-0.15, -0.1) is 0 Å². The van der Waals surface area contributed by atoms with Gasteiger partial charge in [0.1, 0.15) is 0 Å². The van der Waals surface area contributed by atoms with Gasteiger partial charge in [0, 0.05) is 17.9 Å². The molecule has 2 aliphatic rings. The first-order valence-electron chi connectivity index (χ1n) is 10.6. The molecule has 0 amide bonds. The molecule has 1 N–H and O–H groups in total. The zero-order valence-corrected chi connectivity index (χ0v) is 16.4. The molecule has 0 bridgehead atoms. The standard InChI is InChI=1S/C23H33N3/c1-3-18-13-20(19-8-9-19)10-12-23(18)26(15-21-14-24-16-25-21)22(4-2)11-7-17-5-6-17/h10,12-14,16-17,19,22H,3-9,11,15H2,1-2H3,(H,24,25). The molecular weight excluding hydrogens is 318 g/mol. The first-order chi connectivity index (χ1) is 12.8. The van der Waals surface area contributed by atoms with Gasteiger partial charge in [-0.3, -0.25) is 0 Å². The van der Waals surface area contributed by atoms with Crippen LogP contribution >= 0.6 is 0 Å². The van der Waals surface area contributed by atoms with Crippen LogP contribution in [0.4, 0.5) is 5.69 Å². The summed E-state index contributed by atoms with van der Waals surface area (Å²) in [4.78, 5) is 10.2. The lowest BCUT2D eigenvalue weighted by Crippen LogP contribution is -2.35. The van der Waals surface area contributed by atoms with Crippen LogP contribution in [0.2, 0.25) is 0 Å². The maximum atomic E-state index is 4.24. The van der Waals surface area contributed by atoms with Crippen molar-refractivity contribution in [3.63, 3.8) is 0 Å². The quantitative estimate of drug-likeness (QED) is 0.584. The van der Waals surface area contributed by atoms with Gasteiger partial charge in [-0.25, -0.2) is 4.98 Å². The van der Waals surface area contributed by atoms with Crippen molar-refractivity contribution in [2.24, 2.45) is 5.92 Å². The molecule has 140 valence electrons. The van der Waals surface area contributed by atoms with Crippen LogP contribution in [0, 0.1) is 5.92 Å². The van der Waals surface area contributed by atoms with E-state index in [1.165, 1.54) is 61.9 Å². The lowest BCUT2D eigenvalue weighted by atomic mass is 9.98. The topological polar surface area (TPSA) is 31.9 Å². The van der Waals surface area contributed by atoms with Gasteiger partial charge in [-0.1, -0.05) is 38.8 Å². The van der Waals surface area contributed by atoms with Crippen LogP contribution in [-0.4, -0.2) is 16.0 Å². The highest BCUT2D eigenvalue weighted by molar-refractivity contribution is 5.57. The minimum Gasteiger partial charge on any atom is -0.362 e. The van der Waals surface area contributed by atoms with Crippen molar-refractivity contribution >= 4 is 5.69 Å². The second kappa shape index (κ2) is 7.85. The Kier molecular flexibility index (Phi) is 5.33. The van der Waals surface area contributed by atoms with Crippen molar-refractivity contribution in [2.75, 3.05) is 4.90 Å². The summed E-state index contributed by atoms with van der Waals surface area (Å²) in [5.41, 5.74) is 5.72. The van der Waals surface area contributed by atoms with Crippen molar-refractivity contribution < 1.29 is 0 Å². The molecule has 2 aromatic rings. The third kappa shape index (κ3) is 4.13. The molecule has 1 aromatic carbocycles. The summed E-state index contributed by atoms with van der Waals surface area (Å²) < 4.78 is 0. The number of rotatable bonds is 10. The van der Waals surface area contributed by atoms with Gasteiger partial charge in [0.15, 0.2) is 0 Å². The van der Waals surface area contributed by atoms with Crippen LogP contribution in [0.1, 0.15) is 81.5 Å². The average molecular weight is 352 g/mol. The highest BCUT2D eigenvalue weighted by Gasteiger charge is 2.27. The van der Waals surface area contributed by atoms with Crippen molar-refractivity contribution in [1.82, 2.24) is 9.97 Å². The Bertz CT molecular complexity index is 698. The van der Waals surface area contributed by atoms with Crippen LogP contribution in [0.25, 0.3) is 0 Å². The Hall–Kier alpha value is -1.77. The number of H-pyrrole nitrogens is 1. The zero-order chi connectivity index (χ0) is 17.9. The highest BCUT2D eigenvalue weighted by atomic mass is 15.2. The van der Waals surface area contributed by atoms with Gasteiger partial charge in [0.2, 0.25) is 0 Å². The normalized spacial score (nSPS) is 18.1. The molecule has 0 spiro atoms. The van der Waals surface area contributed by atoms with E-state index in [2.05, 4.69) is 46.9 Å².